The van der Waals surface area contributed by atoms with Crippen molar-refractivity contribution in [3.63, 3.8) is 0 Å². The van der Waals surface area contributed by atoms with E-state index in [4.69, 9.17) is 16.2 Å². The van der Waals surface area contributed by atoms with Crippen molar-refractivity contribution in [3.8, 4) is 0 Å². The Morgan fingerprint density at radius 1 is 0.643 bits per heavy atom. The van der Waals surface area contributed by atoms with E-state index in [-0.39, 0.29) is 34.9 Å². The van der Waals surface area contributed by atoms with Gasteiger partial charge in [0, 0.05) is 31.0 Å². The van der Waals surface area contributed by atoms with Crippen molar-refractivity contribution in [3.05, 3.63) is 119 Å². The highest BCUT2D eigenvalue weighted by atomic mass is 19.1. The molecule has 0 aliphatic carbocycles. The number of rotatable bonds is 4. The molecule has 9 heteroatoms. The Balaban J connectivity index is 0.000000168. The van der Waals surface area contributed by atoms with Crippen molar-refractivity contribution in [2.45, 2.75) is 31.4 Å². The van der Waals surface area contributed by atoms with Crippen LogP contribution in [0.3, 0.4) is 0 Å². The Morgan fingerprint density at radius 2 is 1.17 bits per heavy atom. The van der Waals surface area contributed by atoms with Gasteiger partial charge in [0.15, 0.2) is 23.3 Å². The molecule has 0 saturated carbocycles. The zero-order chi connectivity index (χ0) is 29.6. The molecule has 6 rings (SSSR count). The number of morpholine rings is 1. The van der Waals surface area contributed by atoms with Gasteiger partial charge in [-0.05, 0) is 54.7 Å². The van der Waals surface area contributed by atoms with Crippen LogP contribution < -0.4 is 21.3 Å². The number of nitrogens with two attached hydrogens (primary N) is 2. The molecule has 1 unspecified atom stereocenters. The van der Waals surface area contributed by atoms with E-state index < -0.39 is 23.3 Å². The minimum absolute atomic E-state index is 0.00701. The molecule has 2 heterocycles. The first kappa shape index (κ1) is 29.3. The number of piperidine rings is 1. The molecule has 220 valence electrons. The number of hydrogen-bond acceptors (Lipinski definition) is 5. The van der Waals surface area contributed by atoms with E-state index >= 15 is 0 Å². The molecule has 0 bridgehead atoms. The summed E-state index contributed by atoms with van der Waals surface area (Å²) < 4.78 is 62.2. The highest BCUT2D eigenvalue weighted by Crippen LogP contribution is 2.38. The van der Waals surface area contributed by atoms with Crippen LogP contribution in [-0.2, 0) is 4.74 Å². The van der Waals surface area contributed by atoms with Crippen molar-refractivity contribution >= 4 is 22.7 Å². The number of ether oxygens (including phenoxy) is 1. The van der Waals surface area contributed by atoms with Gasteiger partial charge in [0.05, 0.1) is 12.6 Å². The molecule has 0 radical (unpaired) electrons. The Bertz CT molecular complexity index is 1440. The normalized spacial score (nSPS) is 18.8. The first-order chi connectivity index (χ1) is 20.3. The maximum atomic E-state index is 14.2. The predicted octanol–water partition coefficient (Wildman–Crippen LogP) is 7.40. The van der Waals surface area contributed by atoms with Gasteiger partial charge in [-0.15, -0.1) is 0 Å². The zero-order valence-electron chi connectivity index (χ0n) is 23.2. The van der Waals surface area contributed by atoms with Gasteiger partial charge < -0.3 is 26.0 Å². The lowest BCUT2D eigenvalue weighted by molar-refractivity contribution is 0.0393. The summed E-state index contributed by atoms with van der Waals surface area (Å²) >= 11 is 0. The SMILES string of the molecule is Nc1cc(F)c(N2CCCCC2c2ccccc2)c(F)c1.Nc1cc(F)c(N2CCO[C@@H](c3ccccc3)C2)c(F)c1. The van der Waals surface area contributed by atoms with Gasteiger partial charge in [-0.25, -0.2) is 17.6 Å². The molecular formula is C33H34F4N4O. The van der Waals surface area contributed by atoms with E-state index in [9.17, 15) is 17.6 Å². The molecule has 2 fully saturated rings. The number of anilines is 4. The second-order valence-electron chi connectivity index (χ2n) is 10.5. The number of halogens is 4. The summed E-state index contributed by atoms with van der Waals surface area (Å²) in [5, 5.41) is 0. The Kier molecular flexibility index (Phi) is 9.17. The Morgan fingerprint density at radius 3 is 1.74 bits per heavy atom. The van der Waals surface area contributed by atoms with Crippen LogP contribution in [0.5, 0.6) is 0 Å². The van der Waals surface area contributed by atoms with Crippen LogP contribution in [0.15, 0.2) is 84.9 Å². The smallest absolute Gasteiger partial charge is 0.151 e. The fraction of sp³-hybridized carbons (Fsp3) is 0.273. The summed E-state index contributed by atoms with van der Waals surface area (Å²) in [6, 6.07) is 24.2. The van der Waals surface area contributed by atoms with Crippen LogP contribution >= 0.6 is 0 Å². The van der Waals surface area contributed by atoms with Gasteiger partial charge >= 0.3 is 0 Å². The molecule has 4 aromatic rings. The van der Waals surface area contributed by atoms with Crippen molar-refractivity contribution in [2.24, 2.45) is 0 Å². The zero-order valence-corrected chi connectivity index (χ0v) is 23.2. The second kappa shape index (κ2) is 13.2. The van der Waals surface area contributed by atoms with Gasteiger partial charge in [-0.1, -0.05) is 60.7 Å². The van der Waals surface area contributed by atoms with E-state index in [2.05, 4.69) is 0 Å². The maximum absolute atomic E-state index is 14.2. The third-order valence-corrected chi connectivity index (χ3v) is 7.61. The predicted molar refractivity (Wildman–Crippen MR) is 159 cm³/mol. The van der Waals surface area contributed by atoms with Crippen LogP contribution in [0.4, 0.5) is 40.3 Å². The molecule has 2 atom stereocenters. The van der Waals surface area contributed by atoms with E-state index in [0.717, 1.165) is 42.5 Å². The maximum Gasteiger partial charge on any atom is 0.151 e. The minimum atomic E-state index is -0.638. The van der Waals surface area contributed by atoms with Crippen LogP contribution in [0, 0.1) is 23.3 Å². The van der Waals surface area contributed by atoms with Gasteiger partial charge in [0.2, 0.25) is 0 Å². The van der Waals surface area contributed by atoms with E-state index in [1.807, 2.05) is 65.6 Å². The van der Waals surface area contributed by atoms with Crippen LogP contribution in [0.2, 0.25) is 0 Å². The quantitative estimate of drug-likeness (QED) is 0.195. The van der Waals surface area contributed by atoms with Crippen molar-refractivity contribution < 1.29 is 22.3 Å². The summed E-state index contributed by atoms with van der Waals surface area (Å²) in [6.07, 6.45) is 2.70. The highest BCUT2D eigenvalue weighted by Gasteiger charge is 2.29. The van der Waals surface area contributed by atoms with Crippen molar-refractivity contribution in [1.29, 1.82) is 0 Å². The molecule has 0 aromatic heterocycles. The molecule has 2 saturated heterocycles. The minimum Gasteiger partial charge on any atom is -0.399 e. The van der Waals surface area contributed by atoms with Crippen molar-refractivity contribution in [2.75, 3.05) is 47.5 Å². The largest absolute Gasteiger partial charge is 0.399 e. The summed E-state index contributed by atoms with van der Waals surface area (Å²) in [6.45, 7) is 1.92. The Labute approximate surface area is 243 Å². The van der Waals surface area contributed by atoms with E-state index in [0.29, 0.717) is 26.2 Å². The Hall–Kier alpha value is -4.24. The number of nitrogen functional groups attached to an aromatic ring is 2. The number of nitrogens with zero attached hydrogens (tertiary/aromatic N) is 2. The topological polar surface area (TPSA) is 67.8 Å². The lowest BCUT2D eigenvalue weighted by Crippen LogP contribution is -2.39. The molecule has 0 amide bonds. The fourth-order valence-corrected chi connectivity index (χ4v) is 5.69. The third kappa shape index (κ3) is 6.62. The lowest BCUT2D eigenvalue weighted by Gasteiger charge is -2.38. The van der Waals surface area contributed by atoms with Crippen LogP contribution in [-0.4, -0.2) is 26.2 Å². The molecule has 4 N–H and O–H groups in total. The molecule has 4 aromatic carbocycles. The van der Waals surface area contributed by atoms with Gasteiger partial charge in [-0.2, -0.15) is 0 Å². The highest BCUT2D eigenvalue weighted by molar-refractivity contribution is 5.58. The second-order valence-corrected chi connectivity index (χ2v) is 10.5. The summed E-state index contributed by atoms with van der Waals surface area (Å²) in [4.78, 5) is 3.51. The standard InChI is InChI=1S/C17H18F2N2.C16H16F2N2O/c18-14-10-13(20)11-15(19)17(14)21-9-5-4-8-16(21)12-6-2-1-3-7-12;17-13-8-12(19)9-14(18)16(13)20-6-7-21-15(10-20)11-4-2-1-3-5-11/h1-3,6-7,10-11,16H,4-5,8-9,20H2;1-5,8-9,15H,6-7,10,19H2/t;15-/m.1/s1. The lowest BCUT2D eigenvalue weighted by atomic mass is 9.94. The fourth-order valence-electron chi connectivity index (χ4n) is 5.69. The molecule has 42 heavy (non-hydrogen) atoms. The van der Waals surface area contributed by atoms with Gasteiger partial charge in [0.25, 0.3) is 0 Å². The van der Waals surface area contributed by atoms with E-state index in [1.165, 1.54) is 12.1 Å². The summed E-state index contributed by atoms with van der Waals surface area (Å²) in [5.41, 5.74) is 13.3. The monoisotopic (exact) mass is 578 g/mol. The first-order valence-corrected chi connectivity index (χ1v) is 14.0. The third-order valence-electron chi connectivity index (χ3n) is 7.61. The summed E-state index contributed by atoms with van der Waals surface area (Å²) in [7, 11) is 0. The van der Waals surface area contributed by atoms with Gasteiger partial charge in [-0.3, -0.25) is 0 Å². The van der Waals surface area contributed by atoms with E-state index in [1.54, 1.807) is 4.90 Å². The van der Waals surface area contributed by atoms with Crippen molar-refractivity contribution in [1.82, 2.24) is 0 Å². The van der Waals surface area contributed by atoms with Gasteiger partial charge in [0.1, 0.15) is 17.5 Å². The average Bonchev–Trinajstić information content (AvgIpc) is 2.98. The summed E-state index contributed by atoms with van der Waals surface area (Å²) in [5.74, 6) is -2.45. The van der Waals surface area contributed by atoms with Crippen LogP contribution in [0.25, 0.3) is 0 Å². The molecule has 5 nitrogen and oxygen atoms in total. The molecule has 2 aliphatic rings. The molecule has 2 aliphatic heterocycles. The van der Waals surface area contributed by atoms with Crippen LogP contribution in [0.1, 0.15) is 42.5 Å². The number of hydrogen-bond donors (Lipinski definition) is 2. The molecular weight excluding hydrogens is 544 g/mol. The average molecular weight is 579 g/mol. The molecule has 0 spiro atoms. The first-order valence-electron chi connectivity index (χ1n) is 14.0. The number of benzene rings is 4.